The number of hydrogen-bond donors (Lipinski definition) is 3. The van der Waals surface area contributed by atoms with Gasteiger partial charge in [-0.05, 0) is 85.4 Å². The average Bonchev–Trinajstić information content (AvgIpc) is 2.55. The first kappa shape index (κ1) is 24.5. The second kappa shape index (κ2) is 9.58. The Bertz CT molecular complexity index is 818. The second-order valence-corrected chi connectivity index (χ2v) is 9.72. The lowest BCUT2D eigenvalue weighted by atomic mass is 9.72. The fourth-order valence-corrected chi connectivity index (χ4v) is 3.22. The van der Waals surface area contributed by atoms with Crippen molar-refractivity contribution in [3.05, 3.63) is 29.8 Å². The molecule has 2 rings (SSSR count). The zero-order valence-corrected chi connectivity index (χ0v) is 19.7. The van der Waals surface area contributed by atoms with Gasteiger partial charge in [0.2, 0.25) is 5.96 Å². The number of anilines is 1. The molecular weight excluding hydrogens is 396 g/mol. The van der Waals surface area contributed by atoms with Gasteiger partial charge in [0.1, 0.15) is 11.2 Å². The van der Waals surface area contributed by atoms with E-state index in [4.69, 9.17) is 9.47 Å². The molecule has 31 heavy (non-hydrogen) atoms. The largest absolute Gasteiger partial charge is 0.444 e. The number of alkyl carbamates (subject to hydrolysis) is 2. The molecule has 8 heteroatoms. The third-order valence-electron chi connectivity index (χ3n) is 4.56. The number of benzene rings is 1. The van der Waals surface area contributed by atoms with Gasteiger partial charge in [0.25, 0.3) is 0 Å². The van der Waals surface area contributed by atoms with Crippen LogP contribution in [-0.4, -0.2) is 35.9 Å². The predicted molar refractivity (Wildman–Crippen MR) is 122 cm³/mol. The minimum Gasteiger partial charge on any atom is -0.444 e. The van der Waals surface area contributed by atoms with Crippen LogP contribution in [0.3, 0.4) is 0 Å². The molecule has 1 aliphatic carbocycles. The Morgan fingerprint density at radius 2 is 1.65 bits per heavy atom. The molecule has 0 bridgehead atoms. The van der Waals surface area contributed by atoms with Crippen LogP contribution in [0.1, 0.15) is 73.3 Å². The number of guanidine groups is 1. The van der Waals surface area contributed by atoms with Crippen LogP contribution in [0.15, 0.2) is 29.3 Å². The molecule has 0 aliphatic heterocycles. The monoisotopic (exact) mass is 432 g/mol. The topological polar surface area (TPSA) is 101 Å². The van der Waals surface area contributed by atoms with Crippen molar-refractivity contribution in [1.82, 2.24) is 10.6 Å². The molecule has 1 aromatic rings. The molecule has 1 aliphatic rings. The number of hydrogen-bond acceptors (Lipinski definition) is 5. The van der Waals surface area contributed by atoms with Crippen molar-refractivity contribution < 1.29 is 19.1 Å². The quantitative estimate of drug-likeness (QED) is 0.464. The van der Waals surface area contributed by atoms with E-state index in [1.165, 1.54) is 0 Å². The molecule has 0 spiro atoms. The Morgan fingerprint density at radius 3 is 2.16 bits per heavy atom. The van der Waals surface area contributed by atoms with Crippen LogP contribution in [0.25, 0.3) is 0 Å². The molecular formula is C23H36N4O4. The standard InChI is InChI=1S/C23H36N4O4/c1-8-24-18(26-19(28)30-21(2,3)4)25-17-12-9-11-16(15-17)23(13-10-14-23)27-20(29)31-22(5,6)7/h9,11-12,15H,8,10,13-14H2,1-7H3,(H,27,29)(H2,24,25,26,28). The summed E-state index contributed by atoms with van der Waals surface area (Å²) in [7, 11) is 0. The summed E-state index contributed by atoms with van der Waals surface area (Å²) in [6.07, 6.45) is 1.69. The van der Waals surface area contributed by atoms with Crippen LogP contribution in [-0.2, 0) is 15.0 Å². The third-order valence-corrected chi connectivity index (χ3v) is 4.56. The van der Waals surface area contributed by atoms with Crippen LogP contribution in [0, 0.1) is 0 Å². The first-order chi connectivity index (χ1) is 14.3. The number of amides is 2. The Kier molecular flexibility index (Phi) is 7.57. The van der Waals surface area contributed by atoms with Gasteiger partial charge in [0, 0.05) is 12.2 Å². The SMILES string of the molecule is CCN=C(NC(=O)OC(C)(C)C)Nc1cccc(C2(NC(=O)OC(C)(C)C)CCC2)c1. The number of aliphatic imine (C=N–C) groups is 1. The van der Waals surface area contributed by atoms with E-state index in [1.54, 1.807) is 20.8 Å². The molecule has 0 aromatic heterocycles. The maximum Gasteiger partial charge on any atom is 0.414 e. The summed E-state index contributed by atoms with van der Waals surface area (Å²) in [5.41, 5.74) is 0.101. The minimum atomic E-state index is -0.606. The number of nitrogens with zero attached hydrogens (tertiary/aromatic N) is 1. The molecule has 172 valence electrons. The van der Waals surface area contributed by atoms with Crippen molar-refractivity contribution in [3.63, 3.8) is 0 Å². The van der Waals surface area contributed by atoms with Gasteiger partial charge in [0.15, 0.2) is 0 Å². The van der Waals surface area contributed by atoms with Gasteiger partial charge >= 0.3 is 12.2 Å². The Labute approximate surface area is 185 Å². The first-order valence-electron chi connectivity index (χ1n) is 10.8. The Balaban J connectivity index is 2.14. The Morgan fingerprint density at radius 1 is 1.03 bits per heavy atom. The van der Waals surface area contributed by atoms with Gasteiger partial charge in [-0.25, -0.2) is 9.59 Å². The van der Waals surface area contributed by atoms with Crippen LogP contribution in [0.5, 0.6) is 0 Å². The van der Waals surface area contributed by atoms with E-state index in [0.29, 0.717) is 12.5 Å². The van der Waals surface area contributed by atoms with E-state index in [-0.39, 0.29) is 0 Å². The molecule has 1 fully saturated rings. The van der Waals surface area contributed by atoms with Gasteiger partial charge in [-0.2, -0.15) is 0 Å². The third kappa shape index (κ3) is 7.77. The molecule has 0 atom stereocenters. The molecule has 3 N–H and O–H groups in total. The smallest absolute Gasteiger partial charge is 0.414 e. The molecule has 2 amide bonds. The highest BCUT2D eigenvalue weighted by Gasteiger charge is 2.41. The summed E-state index contributed by atoms with van der Waals surface area (Å²) < 4.78 is 10.8. The molecule has 0 radical (unpaired) electrons. The lowest BCUT2D eigenvalue weighted by Crippen LogP contribution is -2.52. The normalized spacial score (nSPS) is 16.0. The first-order valence-corrected chi connectivity index (χ1v) is 10.8. The number of carbonyl (C=O) groups is 2. The Hall–Kier alpha value is -2.77. The number of carbonyl (C=O) groups excluding carboxylic acids is 2. The highest BCUT2D eigenvalue weighted by atomic mass is 16.6. The van der Waals surface area contributed by atoms with E-state index < -0.39 is 28.9 Å². The summed E-state index contributed by atoms with van der Waals surface area (Å²) in [6.45, 7) is 13.3. The molecule has 0 unspecified atom stereocenters. The second-order valence-electron chi connectivity index (χ2n) is 9.72. The number of ether oxygens (including phenoxy) is 2. The summed E-state index contributed by atoms with van der Waals surface area (Å²) in [5, 5.41) is 8.86. The summed E-state index contributed by atoms with van der Waals surface area (Å²) in [4.78, 5) is 28.8. The zero-order chi connectivity index (χ0) is 23.3. The van der Waals surface area contributed by atoms with Crippen molar-refractivity contribution in [2.45, 2.75) is 84.5 Å². The van der Waals surface area contributed by atoms with Crippen molar-refractivity contribution in [2.75, 3.05) is 11.9 Å². The summed E-state index contributed by atoms with van der Waals surface area (Å²) >= 11 is 0. The van der Waals surface area contributed by atoms with Crippen molar-refractivity contribution in [3.8, 4) is 0 Å². The van der Waals surface area contributed by atoms with Crippen LogP contribution in [0.4, 0.5) is 15.3 Å². The lowest BCUT2D eigenvalue weighted by Gasteiger charge is -2.43. The van der Waals surface area contributed by atoms with E-state index in [9.17, 15) is 9.59 Å². The van der Waals surface area contributed by atoms with E-state index >= 15 is 0 Å². The fraction of sp³-hybridized carbons (Fsp3) is 0.609. The van der Waals surface area contributed by atoms with Gasteiger partial charge in [0.05, 0.1) is 5.54 Å². The molecule has 1 saturated carbocycles. The van der Waals surface area contributed by atoms with Gasteiger partial charge in [-0.1, -0.05) is 12.1 Å². The predicted octanol–water partition coefficient (Wildman–Crippen LogP) is 4.90. The number of rotatable bonds is 4. The molecule has 0 heterocycles. The number of nitrogens with one attached hydrogen (secondary N) is 3. The minimum absolute atomic E-state index is 0.302. The lowest BCUT2D eigenvalue weighted by molar-refractivity contribution is 0.0376. The fourth-order valence-electron chi connectivity index (χ4n) is 3.22. The molecule has 0 saturated heterocycles. The highest BCUT2D eigenvalue weighted by Crippen LogP contribution is 2.42. The maximum atomic E-state index is 12.4. The van der Waals surface area contributed by atoms with Crippen LogP contribution in [0.2, 0.25) is 0 Å². The zero-order valence-electron chi connectivity index (χ0n) is 19.7. The summed E-state index contributed by atoms with van der Waals surface area (Å²) in [5.74, 6) is 0.302. The van der Waals surface area contributed by atoms with Gasteiger partial charge in [-0.3, -0.25) is 10.3 Å². The van der Waals surface area contributed by atoms with Gasteiger partial charge < -0.3 is 20.1 Å². The van der Waals surface area contributed by atoms with Gasteiger partial charge in [-0.15, -0.1) is 0 Å². The van der Waals surface area contributed by atoms with Crippen molar-refractivity contribution >= 4 is 23.8 Å². The van der Waals surface area contributed by atoms with E-state index in [2.05, 4.69) is 20.9 Å². The highest BCUT2D eigenvalue weighted by molar-refractivity contribution is 6.02. The summed E-state index contributed by atoms with van der Waals surface area (Å²) in [6, 6.07) is 7.73. The van der Waals surface area contributed by atoms with Crippen LogP contribution < -0.4 is 16.0 Å². The van der Waals surface area contributed by atoms with Crippen molar-refractivity contribution in [1.29, 1.82) is 0 Å². The average molecular weight is 433 g/mol. The maximum absolute atomic E-state index is 12.4. The van der Waals surface area contributed by atoms with E-state index in [0.717, 1.165) is 30.5 Å². The van der Waals surface area contributed by atoms with Crippen LogP contribution >= 0.6 is 0 Å². The van der Waals surface area contributed by atoms with E-state index in [1.807, 2.05) is 52.0 Å². The molecule has 8 nitrogen and oxygen atoms in total. The molecule has 1 aromatic carbocycles. The van der Waals surface area contributed by atoms with Crippen molar-refractivity contribution in [2.24, 2.45) is 4.99 Å².